The molecule has 0 radical (unpaired) electrons. The summed E-state index contributed by atoms with van der Waals surface area (Å²) in [7, 11) is 2.02. The van der Waals surface area contributed by atoms with Gasteiger partial charge in [0.25, 0.3) is 0 Å². The average molecular weight is 234 g/mol. The summed E-state index contributed by atoms with van der Waals surface area (Å²) in [5.74, 6) is 5.97. The largest absolute Gasteiger partial charge is 0.441 e. The van der Waals surface area contributed by atoms with E-state index in [1.165, 1.54) is 5.56 Å². The molecule has 3 N–H and O–H groups in total. The number of nitrogens with zero attached hydrogens (tertiary/aromatic N) is 2. The minimum atomic E-state index is 0.684. The maximum Gasteiger partial charge on any atom is 0.192 e. The molecule has 0 aliphatic carbocycles. The highest BCUT2D eigenvalue weighted by atomic mass is 16.3. The first-order chi connectivity index (χ1) is 8.19. The molecule has 0 saturated heterocycles. The van der Waals surface area contributed by atoms with Gasteiger partial charge in [-0.25, -0.2) is 10.4 Å². The van der Waals surface area contributed by atoms with Crippen LogP contribution in [0, 0.1) is 6.92 Å². The van der Waals surface area contributed by atoms with Crippen molar-refractivity contribution in [1.29, 1.82) is 0 Å². The van der Waals surface area contributed by atoms with Crippen molar-refractivity contribution in [2.24, 2.45) is 5.84 Å². The molecule has 0 atom stereocenters. The number of aryl methyl sites for hydroxylation is 1. The van der Waals surface area contributed by atoms with Gasteiger partial charge in [0.1, 0.15) is 5.52 Å². The topological polar surface area (TPSA) is 67.3 Å². The average Bonchev–Trinajstić information content (AvgIpc) is 2.66. The first-order valence-corrected chi connectivity index (χ1v) is 5.67. The first kappa shape index (κ1) is 12.0. The Morgan fingerprint density at radius 3 is 3.06 bits per heavy atom. The third kappa shape index (κ3) is 3.03. The number of nitrogens with two attached hydrogens (primary N) is 1. The highest BCUT2D eigenvalue weighted by Crippen LogP contribution is 2.17. The van der Waals surface area contributed by atoms with E-state index in [0.29, 0.717) is 12.6 Å². The van der Waals surface area contributed by atoms with Crippen LogP contribution in [0.2, 0.25) is 0 Å². The van der Waals surface area contributed by atoms with Crippen molar-refractivity contribution in [2.45, 2.75) is 13.3 Å². The van der Waals surface area contributed by atoms with Gasteiger partial charge in [0.15, 0.2) is 11.5 Å². The van der Waals surface area contributed by atoms with E-state index in [2.05, 4.69) is 27.4 Å². The molecule has 0 aliphatic rings. The number of rotatable bonds is 5. The van der Waals surface area contributed by atoms with E-state index in [1.54, 1.807) is 0 Å². The van der Waals surface area contributed by atoms with E-state index in [1.807, 2.05) is 20.0 Å². The highest BCUT2D eigenvalue weighted by molar-refractivity contribution is 5.73. The number of oxazole rings is 1. The Bertz CT molecular complexity index is 494. The van der Waals surface area contributed by atoms with E-state index >= 15 is 0 Å². The molecular formula is C12H18N4O. The molecule has 0 saturated carbocycles. The van der Waals surface area contributed by atoms with Crippen molar-refractivity contribution in [3.63, 3.8) is 0 Å². The normalized spacial score (nSPS) is 11.5. The van der Waals surface area contributed by atoms with Gasteiger partial charge in [0, 0.05) is 13.5 Å². The van der Waals surface area contributed by atoms with E-state index in [0.717, 1.165) is 24.1 Å². The molecule has 17 heavy (non-hydrogen) atoms. The zero-order valence-electron chi connectivity index (χ0n) is 10.2. The number of hydrogen-bond acceptors (Lipinski definition) is 5. The SMILES string of the molecule is Cc1nc2ccc(CCN(C)CNN)cc2o1. The lowest BCUT2D eigenvalue weighted by Crippen LogP contribution is -2.36. The Balaban J connectivity index is 2.03. The van der Waals surface area contributed by atoms with Crippen LogP contribution >= 0.6 is 0 Å². The van der Waals surface area contributed by atoms with Gasteiger partial charge >= 0.3 is 0 Å². The number of aromatic nitrogens is 1. The van der Waals surface area contributed by atoms with E-state index < -0.39 is 0 Å². The van der Waals surface area contributed by atoms with Gasteiger partial charge in [0.2, 0.25) is 0 Å². The lowest BCUT2D eigenvalue weighted by Gasteiger charge is -2.15. The number of likely N-dealkylation sites (N-methyl/N-ethyl adjacent to an activating group) is 1. The van der Waals surface area contributed by atoms with Crippen LogP contribution < -0.4 is 11.3 Å². The van der Waals surface area contributed by atoms with Crippen molar-refractivity contribution < 1.29 is 4.42 Å². The molecule has 92 valence electrons. The molecule has 0 unspecified atom stereocenters. The summed E-state index contributed by atoms with van der Waals surface area (Å²) in [5.41, 5.74) is 5.66. The third-order valence-electron chi connectivity index (χ3n) is 2.70. The summed E-state index contributed by atoms with van der Waals surface area (Å²) in [4.78, 5) is 6.40. The molecule has 0 bridgehead atoms. The fourth-order valence-corrected chi connectivity index (χ4v) is 1.79. The zero-order valence-corrected chi connectivity index (χ0v) is 10.2. The molecule has 1 heterocycles. The van der Waals surface area contributed by atoms with Crippen molar-refractivity contribution >= 4 is 11.1 Å². The zero-order chi connectivity index (χ0) is 12.3. The van der Waals surface area contributed by atoms with Gasteiger partial charge in [0.05, 0.1) is 6.67 Å². The van der Waals surface area contributed by atoms with Crippen LogP contribution in [-0.2, 0) is 6.42 Å². The van der Waals surface area contributed by atoms with Crippen molar-refractivity contribution in [3.8, 4) is 0 Å². The summed E-state index contributed by atoms with van der Waals surface area (Å²) in [6.45, 7) is 3.49. The number of benzene rings is 1. The van der Waals surface area contributed by atoms with Crippen LogP contribution in [0.25, 0.3) is 11.1 Å². The molecule has 1 aromatic carbocycles. The molecule has 2 rings (SSSR count). The van der Waals surface area contributed by atoms with Crippen molar-refractivity contribution in [3.05, 3.63) is 29.7 Å². The van der Waals surface area contributed by atoms with Gasteiger partial charge in [-0.2, -0.15) is 0 Å². The molecule has 1 aromatic heterocycles. The number of fused-ring (bicyclic) bond motifs is 1. The fourth-order valence-electron chi connectivity index (χ4n) is 1.79. The maximum atomic E-state index is 5.51. The summed E-state index contributed by atoms with van der Waals surface area (Å²) in [6.07, 6.45) is 0.966. The van der Waals surface area contributed by atoms with E-state index in [4.69, 9.17) is 10.3 Å². The van der Waals surface area contributed by atoms with Crippen LogP contribution in [0.3, 0.4) is 0 Å². The summed E-state index contributed by atoms with van der Waals surface area (Å²) < 4.78 is 5.51. The fraction of sp³-hybridized carbons (Fsp3) is 0.417. The van der Waals surface area contributed by atoms with Gasteiger partial charge < -0.3 is 4.42 Å². The summed E-state index contributed by atoms with van der Waals surface area (Å²) in [5, 5.41) is 0. The number of hydrogen-bond donors (Lipinski definition) is 2. The Morgan fingerprint density at radius 1 is 1.47 bits per heavy atom. The Morgan fingerprint density at radius 2 is 2.29 bits per heavy atom. The maximum absolute atomic E-state index is 5.51. The Hall–Kier alpha value is -1.43. The summed E-state index contributed by atoms with van der Waals surface area (Å²) >= 11 is 0. The molecule has 0 aliphatic heterocycles. The summed E-state index contributed by atoms with van der Waals surface area (Å²) in [6, 6.07) is 6.15. The van der Waals surface area contributed by atoms with Crippen LogP contribution in [0.15, 0.2) is 22.6 Å². The molecule has 0 fully saturated rings. The molecule has 2 aromatic rings. The predicted molar refractivity (Wildman–Crippen MR) is 67.3 cm³/mol. The second-order valence-corrected chi connectivity index (χ2v) is 4.23. The van der Waals surface area contributed by atoms with Crippen LogP contribution in [-0.4, -0.2) is 30.1 Å². The van der Waals surface area contributed by atoms with Crippen LogP contribution in [0.1, 0.15) is 11.5 Å². The second kappa shape index (κ2) is 5.27. The molecule has 5 nitrogen and oxygen atoms in total. The van der Waals surface area contributed by atoms with E-state index in [-0.39, 0.29) is 0 Å². The highest BCUT2D eigenvalue weighted by Gasteiger charge is 2.04. The molecule has 5 heteroatoms. The first-order valence-electron chi connectivity index (χ1n) is 5.67. The molecular weight excluding hydrogens is 216 g/mol. The number of hydrazine groups is 1. The van der Waals surface area contributed by atoms with Crippen LogP contribution in [0.4, 0.5) is 0 Å². The quantitative estimate of drug-likeness (QED) is 0.459. The number of nitrogens with one attached hydrogen (secondary N) is 1. The smallest absolute Gasteiger partial charge is 0.192 e. The minimum Gasteiger partial charge on any atom is -0.441 e. The lowest BCUT2D eigenvalue weighted by molar-refractivity contribution is 0.313. The minimum absolute atomic E-state index is 0.684. The third-order valence-corrected chi connectivity index (χ3v) is 2.70. The van der Waals surface area contributed by atoms with Crippen molar-refractivity contribution in [1.82, 2.24) is 15.3 Å². The van der Waals surface area contributed by atoms with Gasteiger partial charge in [-0.3, -0.25) is 10.7 Å². The molecule has 0 spiro atoms. The van der Waals surface area contributed by atoms with E-state index in [9.17, 15) is 0 Å². The van der Waals surface area contributed by atoms with Gasteiger partial charge in [-0.15, -0.1) is 0 Å². The standard InChI is InChI=1S/C12H18N4O/c1-9-15-11-4-3-10(7-12(11)17-9)5-6-16(2)8-14-13/h3-4,7,14H,5-6,8,13H2,1-2H3. The predicted octanol–water partition coefficient (Wildman–Crippen LogP) is 1.03. The lowest BCUT2D eigenvalue weighted by atomic mass is 10.1. The van der Waals surface area contributed by atoms with Crippen LogP contribution in [0.5, 0.6) is 0 Å². The Kier molecular flexibility index (Phi) is 3.73. The second-order valence-electron chi connectivity index (χ2n) is 4.23. The Labute approximate surface area is 101 Å². The monoisotopic (exact) mass is 234 g/mol. The van der Waals surface area contributed by atoms with Gasteiger partial charge in [-0.05, 0) is 31.2 Å². The van der Waals surface area contributed by atoms with Gasteiger partial charge in [-0.1, -0.05) is 6.07 Å². The molecule has 0 amide bonds. The van der Waals surface area contributed by atoms with Crippen molar-refractivity contribution in [2.75, 3.05) is 20.3 Å².